The lowest BCUT2D eigenvalue weighted by atomic mass is 9.68. The van der Waals surface area contributed by atoms with E-state index in [1.54, 1.807) is 0 Å². The van der Waals surface area contributed by atoms with E-state index in [9.17, 15) is 0 Å². The van der Waals surface area contributed by atoms with Crippen molar-refractivity contribution in [2.24, 2.45) is 11.1 Å². The van der Waals surface area contributed by atoms with E-state index in [1.807, 2.05) is 0 Å². The van der Waals surface area contributed by atoms with Gasteiger partial charge in [0.25, 0.3) is 0 Å². The third-order valence-electron chi connectivity index (χ3n) is 5.18. The van der Waals surface area contributed by atoms with E-state index >= 15 is 0 Å². The van der Waals surface area contributed by atoms with Gasteiger partial charge in [0.1, 0.15) is 0 Å². The van der Waals surface area contributed by atoms with E-state index < -0.39 is 0 Å². The Morgan fingerprint density at radius 2 is 1.89 bits per heavy atom. The summed E-state index contributed by atoms with van der Waals surface area (Å²) in [6.45, 7) is 10.8. The summed E-state index contributed by atoms with van der Waals surface area (Å²) in [4.78, 5) is 2.64. The molecule has 106 valence electrons. The molecule has 1 heterocycles. The van der Waals surface area contributed by atoms with Crippen molar-refractivity contribution in [3.63, 3.8) is 0 Å². The lowest BCUT2D eigenvalue weighted by molar-refractivity contribution is -0.0852. The molecule has 0 aromatic rings. The highest BCUT2D eigenvalue weighted by atomic mass is 16.5. The monoisotopic (exact) mass is 254 g/mol. The van der Waals surface area contributed by atoms with Gasteiger partial charge in [-0.3, -0.25) is 4.90 Å². The molecule has 1 saturated carbocycles. The van der Waals surface area contributed by atoms with Gasteiger partial charge in [0.2, 0.25) is 0 Å². The van der Waals surface area contributed by atoms with E-state index in [-0.39, 0.29) is 5.54 Å². The quantitative estimate of drug-likeness (QED) is 0.840. The number of hydrogen-bond donors (Lipinski definition) is 1. The van der Waals surface area contributed by atoms with Crippen LogP contribution in [-0.4, -0.2) is 42.8 Å². The zero-order chi connectivity index (χ0) is 13.2. The van der Waals surface area contributed by atoms with Gasteiger partial charge in [-0.15, -0.1) is 0 Å². The molecule has 0 aromatic heterocycles. The van der Waals surface area contributed by atoms with Gasteiger partial charge < -0.3 is 10.5 Å². The molecule has 1 saturated heterocycles. The summed E-state index contributed by atoms with van der Waals surface area (Å²) in [7, 11) is 0. The van der Waals surface area contributed by atoms with Gasteiger partial charge in [0.15, 0.2) is 0 Å². The summed E-state index contributed by atoms with van der Waals surface area (Å²) in [5.74, 6) is 0. The molecular formula is C15H30N2O. The zero-order valence-electron chi connectivity index (χ0n) is 12.4. The Morgan fingerprint density at radius 3 is 2.44 bits per heavy atom. The largest absolute Gasteiger partial charge is 0.376 e. The van der Waals surface area contributed by atoms with Gasteiger partial charge in [0, 0.05) is 25.2 Å². The summed E-state index contributed by atoms with van der Waals surface area (Å²) in [5, 5.41) is 0. The first-order chi connectivity index (χ1) is 8.51. The fraction of sp³-hybridized carbons (Fsp3) is 1.00. The third-order valence-corrected chi connectivity index (χ3v) is 5.18. The number of rotatable bonds is 3. The lowest BCUT2D eigenvalue weighted by Crippen LogP contribution is -2.61. The van der Waals surface area contributed by atoms with Crippen LogP contribution in [0.3, 0.4) is 0 Å². The first-order valence-corrected chi connectivity index (χ1v) is 7.58. The fourth-order valence-corrected chi connectivity index (χ4v) is 3.44. The molecule has 0 amide bonds. The zero-order valence-corrected chi connectivity index (χ0v) is 12.4. The van der Waals surface area contributed by atoms with Crippen LogP contribution in [-0.2, 0) is 4.74 Å². The summed E-state index contributed by atoms with van der Waals surface area (Å²) in [6.07, 6.45) is 6.65. The highest BCUT2D eigenvalue weighted by Crippen LogP contribution is 2.43. The predicted molar refractivity (Wildman–Crippen MR) is 75.6 cm³/mol. The van der Waals surface area contributed by atoms with Crippen molar-refractivity contribution >= 4 is 0 Å². The number of nitrogens with two attached hydrogens (primary N) is 1. The second-order valence-corrected chi connectivity index (χ2v) is 6.94. The molecule has 3 heteroatoms. The number of hydrogen-bond acceptors (Lipinski definition) is 3. The normalized spacial score (nSPS) is 32.3. The minimum Gasteiger partial charge on any atom is -0.376 e. The van der Waals surface area contributed by atoms with Crippen LogP contribution in [0.15, 0.2) is 0 Å². The van der Waals surface area contributed by atoms with Crippen LogP contribution in [0.25, 0.3) is 0 Å². The smallest absolute Gasteiger partial charge is 0.0700 e. The first-order valence-electron chi connectivity index (χ1n) is 7.58. The average molecular weight is 254 g/mol. The van der Waals surface area contributed by atoms with Gasteiger partial charge in [-0.25, -0.2) is 0 Å². The molecule has 0 spiro atoms. The maximum absolute atomic E-state index is 6.16. The summed E-state index contributed by atoms with van der Waals surface area (Å²) in [6, 6.07) is 0. The second-order valence-electron chi connectivity index (χ2n) is 6.94. The van der Waals surface area contributed by atoms with Crippen molar-refractivity contribution in [1.29, 1.82) is 0 Å². The molecule has 1 atom stereocenters. The topological polar surface area (TPSA) is 38.5 Å². The molecular weight excluding hydrogens is 224 g/mol. The molecule has 18 heavy (non-hydrogen) atoms. The summed E-state index contributed by atoms with van der Waals surface area (Å²) in [5.41, 5.74) is 6.93. The predicted octanol–water partition coefficient (Wildman–Crippen LogP) is 2.39. The minimum atomic E-state index is 0.257. The van der Waals surface area contributed by atoms with Crippen LogP contribution in [0.5, 0.6) is 0 Å². The van der Waals surface area contributed by atoms with Crippen LogP contribution in [0.1, 0.15) is 52.9 Å². The highest BCUT2D eigenvalue weighted by Gasteiger charge is 2.42. The minimum absolute atomic E-state index is 0.257. The van der Waals surface area contributed by atoms with Crippen LogP contribution >= 0.6 is 0 Å². The van der Waals surface area contributed by atoms with Crippen molar-refractivity contribution in [3.05, 3.63) is 0 Å². The SMILES string of the molecule is CCC1CN(C2(CN)CCC(C)(C)CC2)CCO1. The van der Waals surface area contributed by atoms with Gasteiger partial charge in [-0.2, -0.15) is 0 Å². The standard InChI is InChI=1S/C15H30N2O/c1-4-13-11-17(9-10-18-13)15(12-16)7-5-14(2,3)6-8-15/h13H,4-12,16H2,1-3H3. The van der Waals surface area contributed by atoms with Crippen LogP contribution in [0.4, 0.5) is 0 Å². The molecule has 2 N–H and O–H groups in total. The molecule has 0 bridgehead atoms. The Balaban J connectivity index is 2.03. The van der Waals surface area contributed by atoms with Gasteiger partial charge in [-0.05, 0) is 37.5 Å². The fourth-order valence-electron chi connectivity index (χ4n) is 3.44. The van der Waals surface area contributed by atoms with Crippen molar-refractivity contribution in [1.82, 2.24) is 4.90 Å². The van der Waals surface area contributed by atoms with Gasteiger partial charge >= 0.3 is 0 Å². The first kappa shape index (κ1) is 14.3. The third kappa shape index (κ3) is 2.89. The molecule has 0 radical (unpaired) electrons. The second kappa shape index (κ2) is 5.48. The molecule has 3 nitrogen and oxygen atoms in total. The van der Waals surface area contributed by atoms with Gasteiger partial charge in [-0.1, -0.05) is 20.8 Å². The molecule has 2 rings (SSSR count). The average Bonchev–Trinajstić information content (AvgIpc) is 2.39. The Kier molecular flexibility index (Phi) is 4.35. The van der Waals surface area contributed by atoms with Crippen LogP contribution in [0.2, 0.25) is 0 Å². The van der Waals surface area contributed by atoms with E-state index in [0.717, 1.165) is 32.7 Å². The van der Waals surface area contributed by atoms with E-state index in [1.165, 1.54) is 25.7 Å². The van der Waals surface area contributed by atoms with Crippen molar-refractivity contribution < 1.29 is 4.74 Å². The number of morpholine rings is 1. The molecule has 2 fully saturated rings. The summed E-state index contributed by atoms with van der Waals surface area (Å²) >= 11 is 0. The molecule has 2 aliphatic rings. The maximum Gasteiger partial charge on any atom is 0.0700 e. The Bertz CT molecular complexity index is 268. The Morgan fingerprint density at radius 1 is 1.22 bits per heavy atom. The Hall–Kier alpha value is -0.120. The molecule has 1 unspecified atom stereocenters. The molecule has 1 aliphatic heterocycles. The molecule has 1 aliphatic carbocycles. The highest BCUT2D eigenvalue weighted by molar-refractivity contribution is 4.99. The summed E-state index contributed by atoms with van der Waals surface area (Å²) < 4.78 is 5.80. The van der Waals surface area contributed by atoms with Crippen molar-refractivity contribution in [2.45, 2.75) is 64.5 Å². The van der Waals surface area contributed by atoms with Crippen LogP contribution < -0.4 is 5.73 Å². The number of ether oxygens (including phenoxy) is 1. The van der Waals surface area contributed by atoms with E-state index in [2.05, 4.69) is 25.7 Å². The van der Waals surface area contributed by atoms with E-state index in [0.29, 0.717) is 11.5 Å². The Labute approximate surface area is 112 Å². The van der Waals surface area contributed by atoms with Crippen molar-refractivity contribution in [3.8, 4) is 0 Å². The number of nitrogens with zero attached hydrogens (tertiary/aromatic N) is 1. The maximum atomic E-state index is 6.16. The van der Waals surface area contributed by atoms with Crippen LogP contribution in [0, 0.1) is 5.41 Å². The molecule has 0 aromatic carbocycles. The van der Waals surface area contributed by atoms with Crippen molar-refractivity contribution in [2.75, 3.05) is 26.2 Å². The lowest BCUT2D eigenvalue weighted by Gasteiger charge is -2.52. The van der Waals surface area contributed by atoms with E-state index in [4.69, 9.17) is 10.5 Å². The van der Waals surface area contributed by atoms with Gasteiger partial charge in [0.05, 0.1) is 12.7 Å².